The van der Waals surface area contributed by atoms with Gasteiger partial charge in [0.05, 0.1) is 19.6 Å². The quantitative estimate of drug-likeness (QED) is 0.506. The first-order valence-electron chi connectivity index (χ1n) is 6.95. The second-order valence-corrected chi connectivity index (χ2v) is 9.45. The molecular formula is C14H12N2O9S2. The van der Waals surface area contributed by atoms with E-state index >= 15 is 0 Å². The largest absolute Gasteiger partial charge is 0.443 e. The van der Waals surface area contributed by atoms with Crippen molar-refractivity contribution in [2.75, 3.05) is 12.5 Å². The maximum absolute atomic E-state index is 11.5. The lowest BCUT2D eigenvalue weighted by Gasteiger charge is -2.09. The molecule has 0 bridgehead atoms. The van der Waals surface area contributed by atoms with E-state index in [0.717, 1.165) is 48.9 Å². The predicted molar refractivity (Wildman–Crippen MR) is 92.5 cm³/mol. The molecule has 0 aliphatic carbocycles. The molecule has 0 fully saturated rings. The van der Waals surface area contributed by atoms with Crippen molar-refractivity contribution >= 4 is 31.0 Å². The molecule has 0 unspecified atom stereocenters. The van der Waals surface area contributed by atoms with Gasteiger partial charge in [-0.15, -0.1) is 0 Å². The smallest absolute Gasteiger partial charge is 0.312 e. The number of nitrogens with zero attached hydrogens (tertiary/aromatic N) is 2. The van der Waals surface area contributed by atoms with Crippen molar-refractivity contribution in [1.29, 1.82) is 0 Å². The number of ether oxygens (including phenoxy) is 1. The van der Waals surface area contributed by atoms with Crippen LogP contribution >= 0.6 is 0 Å². The van der Waals surface area contributed by atoms with Crippen LogP contribution in [0, 0.1) is 20.2 Å². The molecular weight excluding hydrogens is 404 g/mol. The SMILES string of the molecule is CS(=O)(=O)c1ccc(Oc2ccc(S(C)(=O)=O)cc2[N+](=O)[O-])c([N+](=O)[O-])c1. The van der Waals surface area contributed by atoms with E-state index in [0.29, 0.717) is 0 Å². The zero-order valence-corrected chi connectivity index (χ0v) is 15.5. The average molecular weight is 416 g/mol. The fraction of sp³-hybridized carbons (Fsp3) is 0.143. The summed E-state index contributed by atoms with van der Waals surface area (Å²) >= 11 is 0. The van der Waals surface area contributed by atoms with Gasteiger partial charge in [0, 0.05) is 24.6 Å². The molecule has 0 atom stereocenters. The average Bonchev–Trinajstić information content (AvgIpc) is 2.53. The summed E-state index contributed by atoms with van der Waals surface area (Å²) < 4.78 is 51.4. The van der Waals surface area contributed by atoms with Crippen molar-refractivity contribution in [1.82, 2.24) is 0 Å². The third kappa shape index (κ3) is 4.57. The van der Waals surface area contributed by atoms with Gasteiger partial charge in [-0.2, -0.15) is 0 Å². The summed E-state index contributed by atoms with van der Waals surface area (Å²) in [6, 6.07) is 5.61. The summed E-state index contributed by atoms with van der Waals surface area (Å²) in [5.74, 6) is -0.884. The Hall–Kier alpha value is -3.06. The second kappa shape index (κ2) is 6.92. The molecule has 2 aromatic carbocycles. The van der Waals surface area contributed by atoms with Crippen LogP contribution < -0.4 is 4.74 Å². The fourth-order valence-corrected chi connectivity index (χ4v) is 3.31. The Morgan fingerprint density at radius 2 is 1.07 bits per heavy atom. The minimum atomic E-state index is -3.73. The number of hydrogen-bond donors (Lipinski definition) is 0. The molecule has 144 valence electrons. The van der Waals surface area contributed by atoms with E-state index in [1.807, 2.05) is 0 Å². The molecule has 0 radical (unpaired) electrons. The summed E-state index contributed by atoms with van der Waals surface area (Å²) in [6.45, 7) is 0. The maximum Gasteiger partial charge on any atom is 0.312 e. The van der Waals surface area contributed by atoms with Crippen LogP contribution in [0.1, 0.15) is 0 Å². The van der Waals surface area contributed by atoms with Crippen LogP contribution in [-0.2, 0) is 19.7 Å². The third-order valence-corrected chi connectivity index (χ3v) is 5.55. The Labute approximate surface area is 153 Å². The minimum Gasteiger partial charge on any atom is -0.443 e. The van der Waals surface area contributed by atoms with Crippen LogP contribution in [0.2, 0.25) is 0 Å². The highest BCUT2D eigenvalue weighted by Crippen LogP contribution is 2.38. The first kappa shape index (κ1) is 20.3. The Morgan fingerprint density at radius 3 is 1.33 bits per heavy atom. The molecule has 0 aromatic heterocycles. The molecule has 0 spiro atoms. The molecule has 0 aliphatic heterocycles. The highest BCUT2D eigenvalue weighted by atomic mass is 32.2. The van der Waals surface area contributed by atoms with Crippen LogP contribution in [0.3, 0.4) is 0 Å². The molecule has 0 heterocycles. The van der Waals surface area contributed by atoms with E-state index in [2.05, 4.69) is 0 Å². The predicted octanol–water partition coefficient (Wildman–Crippen LogP) is 2.10. The molecule has 13 heteroatoms. The molecule has 0 aliphatic rings. The Kier molecular flexibility index (Phi) is 5.19. The van der Waals surface area contributed by atoms with Gasteiger partial charge < -0.3 is 4.74 Å². The van der Waals surface area contributed by atoms with Crippen molar-refractivity contribution in [3.63, 3.8) is 0 Å². The summed E-state index contributed by atoms with van der Waals surface area (Å²) in [4.78, 5) is 20.0. The summed E-state index contributed by atoms with van der Waals surface area (Å²) in [7, 11) is -7.45. The first-order valence-corrected chi connectivity index (χ1v) is 10.7. The maximum atomic E-state index is 11.5. The van der Waals surface area contributed by atoms with Crippen molar-refractivity contribution in [3.05, 3.63) is 56.6 Å². The van der Waals surface area contributed by atoms with Crippen LogP contribution in [0.25, 0.3) is 0 Å². The van der Waals surface area contributed by atoms with Crippen molar-refractivity contribution in [3.8, 4) is 11.5 Å². The van der Waals surface area contributed by atoms with Gasteiger partial charge in [-0.3, -0.25) is 20.2 Å². The van der Waals surface area contributed by atoms with Crippen molar-refractivity contribution in [2.24, 2.45) is 0 Å². The van der Waals surface area contributed by atoms with Gasteiger partial charge in [0.2, 0.25) is 11.5 Å². The fourth-order valence-electron chi connectivity index (χ4n) is 2.03. The third-order valence-electron chi connectivity index (χ3n) is 3.33. The van der Waals surface area contributed by atoms with Crippen LogP contribution in [0.5, 0.6) is 11.5 Å². The topological polar surface area (TPSA) is 164 Å². The number of benzene rings is 2. The molecule has 2 aromatic rings. The number of nitro groups is 2. The molecule has 0 saturated heterocycles. The Bertz CT molecular complexity index is 1060. The number of rotatable bonds is 6. The van der Waals surface area contributed by atoms with E-state index in [9.17, 15) is 37.1 Å². The Morgan fingerprint density at radius 1 is 0.741 bits per heavy atom. The van der Waals surface area contributed by atoms with E-state index in [-0.39, 0.29) is 9.79 Å². The summed E-state index contributed by atoms with van der Waals surface area (Å²) in [5.41, 5.74) is -1.45. The minimum absolute atomic E-state index is 0.330. The highest BCUT2D eigenvalue weighted by Gasteiger charge is 2.25. The normalized spacial score (nSPS) is 11.8. The number of hydrogen-bond acceptors (Lipinski definition) is 9. The standard InChI is InChI=1S/C14H12N2O9S2/c1-26(21,22)9-3-5-13(11(7-9)15(17)18)25-14-6-4-10(27(2,23)24)8-12(14)16(19)20/h3-8H,1-2H3. The zero-order valence-electron chi connectivity index (χ0n) is 13.8. The van der Waals surface area contributed by atoms with Gasteiger partial charge in [0.1, 0.15) is 0 Å². The van der Waals surface area contributed by atoms with Gasteiger partial charge >= 0.3 is 11.4 Å². The molecule has 2 rings (SSSR count). The molecule has 11 nitrogen and oxygen atoms in total. The molecule has 0 N–H and O–H groups in total. The lowest BCUT2D eigenvalue weighted by molar-refractivity contribution is -0.387. The molecule has 0 saturated carbocycles. The van der Waals surface area contributed by atoms with Crippen molar-refractivity contribution in [2.45, 2.75) is 9.79 Å². The van der Waals surface area contributed by atoms with Crippen LogP contribution in [-0.4, -0.2) is 39.2 Å². The van der Waals surface area contributed by atoms with Crippen LogP contribution in [0.4, 0.5) is 11.4 Å². The van der Waals surface area contributed by atoms with Gasteiger partial charge in [0.15, 0.2) is 19.7 Å². The molecule has 27 heavy (non-hydrogen) atoms. The van der Waals surface area contributed by atoms with Gasteiger partial charge in [-0.25, -0.2) is 16.8 Å². The van der Waals surface area contributed by atoms with E-state index < -0.39 is 52.4 Å². The lowest BCUT2D eigenvalue weighted by atomic mass is 10.2. The first-order chi connectivity index (χ1) is 12.3. The highest BCUT2D eigenvalue weighted by molar-refractivity contribution is 7.91. The zero-order chi connectivity index (χ0) is 20.6. The monoisotopic (exact) mass is 416 g/mol. The van der Waals surface area contributed by atoms with E-state index in [4.69, 9.17) is 4.74 Å². The van der Waals surface area contributed by atoms with Gasteiger partial charge in [-0.05, 0) is 24.3 Å². The van der Waals surface area contributed by atoms with E-state index in [1.165, 1.54) is 0 Å². The van der Waals surface area contributed by atoms with Crippen LogP contribution in [0.15, 0.2) is 46.2 Å². The summed E-state index contributed by atoms with van der Waals surface area (Å²) in [5, 5.41) is 22.4. The van der Waals surface area contributed by atoms with E-state index in [1.54, 1.807) is 0 Å². The Balaban J connectivity index is 2.60. The van der Waals surface area contributed by atoms with Gasteiger partial charge in [-0.1, -0.05) is 0 Å². The number of sulfone groups is 2. The lowest BCUT2D eigenvalue weighted by Crippen LogP contribution is -2.02. The van der Waals surface area contributed by atoms with Crippen molar-refractivity contribution < 1.29 is 31.4 Å². The second-order valence-electron chi connectivity index (χ2n) is 5.42. The molecule has 0 amide bonds. The summed E-state index contributed by atoms with van der Waals surface area (Å²) in [6.07, 6.45) is 1.72. The van der Waals surface area contributed by atoms with Gasteiger partial charge in [0.25, 0.3) is 0 Å². The number of nitro benzene ring substituents is 2.